The highest BCUT2D eigenvalue weighted by Gasteiger charge is 2.14. The van der Waals surface area contributed by atoms with Crippen LogP contribution in [0.5, 0.6) is 0 Å². The van der Waals surface area contributed by atoms with Gasteiger partial charge in [-0.1, -0.05) is 6.92 Å². The molecule has 1 saturated heterocycles. The van der Waals surface area contributed by atoms with Gasteiger partial charge in [-0.05, 0) is 45.3 Å². The van der Waals surface area contributed by atoms with Crippen molar-refractivity contribution in [2.75, 3.05) is 39.3 Å². The zero-order chi connectivity index (χ0) is 12.5. The number of esters is 1. The van der Waals surface area contributed by atoms with Crippen molar-refractivity contribution in [1.82, 2.24) is 10.2 Å². The number of nitrogens with zero attached hydrogens (tertiary/aromatic N) is 1. The van der Waals surface area contributed by atoms with Gasteiger partial charge in [0.05, 0.1) is 13.0 Å². The molecular weight excluding hydrogens is 216 g/mol. The van der Waals surface area contributed by atoms with Gasteiger partial charge in [-0.2, -0.15) is 0 Å². The zero-order valence-corrected chi connectivity index (χ0v) is 11.2. The maximum Gasteiger partial charge on any atom is 0.307 e. The van der Waals surface area contributed by atoms with Crippen molar-refractivity contribution in [2.24, 2.45) is 5.92 Å². The molecule has 0 radical (unpaired) electrons. The predicted molar refractivity (Wildman–Crippen MR) is 69.0 cm³/mol. The molecule has 1 aliphatic heterocycles. The second-order valence-corrected chi connectivity index (χ2v) is 4.87. The molecule has 4 heteroatoms. The summed E-state index contributed by atoms with van der Waals surface area (Å²) >= 11 is 0. The summed E-state index contributed by atoms with van der Waals surface area (Å²) in [6, 6.07) is 0. The SMILES string of the molecule is CCOC(=O)CCNCC(C)CN1CCCC1. The lowest BCUT2D eigenvalue weighted by Crippen LogP contribution is -2.32. The van der Waals surface area contributed by atoms with Crippen molar-refractivity contribution in [3.05, 3.63) is 0 Å². The summed E-state index contributed by atoms with van der Waals surface area (Å²) in [5, 5.41) is 3.32. The van der Waals surface area contributed by atoms with Crippen LogP contribution in [-0.2, 0) is 9.53 Å². The number of nitrogens with one attached hydrogen (secondary N) is 1. The van der Waals surface area contributed by atoms with Crippen LogP contribution in [0.1, 0.15) is 33.1 Å². The minimum Gasteiger partial charge on any atom is -0.466 e. The van der Waals surface area contributed by atoms with E-state index < -0.39 is 0 Å². The Morgan fingerprint density at radius 3 is 2.76 bits per heavy atom. The third-order valence-electron chi connectivity index (χ3n) is 3.07. The molecule has 1 N–H and O–H groups in total. The topological polar surface area (TPSA) is 41.6 Å². The maximum atomic E-state index is 11.1. The van der Waals surface area contributed by atoms with E-state index in [4.69, 9.17) is 4.74 Å². The summed E-state index contributed by atoms with van der Waals surface area (Å²) in [6.45, 7) is 9.97. The summed E-state index contributed by atoms with van der Waals surface area (Å²) < 4.78 is 4.87. The molecule has 0 aromatic heterocycles. The van der Waals surface area contributed by atoms with Crippen LogP contribution in [0.15, 0.2) is 0 Å². The van der Waals surface area contributed by atoms with Gasteiger partial charge in [0, 0.05) is 13.1 Å². The first-order chi connectivity index (χ1) is 8.22. The Labute approximate surface area is 105 Å². The molecule has 0 bridgehead atoms. The number of carbonyl (C=O) groups excluding carboxylic acids is 1. The first kappa shape index (κ1) is 14.5. The maximum absolute atomic E-state index is 11.1. The van der Waals surface area contributed by atoms with Crippen LogP contribution >= 0.6 is 0 Å². The number of rotatable bonds is 8. The highest BCUT2D eigenvalue weighted by molar-refractivity contribution is 5.69. The molecule has 0 saturated carbocycles. The van der Waals surface area contributed by atoms with E-state index >= 15 is 0 Å². The fraction of sp³-hybridized carbons (Fsp3) is 0.923. The normalized spacial score (nSPS) is 18.2. The number of hydrogen-bond donors (Lipinski definition) is 1. The van der Waals surface area contributed by atoms with Crippen molar-refractivity contribution in [3.8, 4) is 0 Å². The van der Waals surface area contributed by atoms with Gasteiger partial charge in [-0.25, -0.2) is 0 Å². The van der Waals surface area contributed by atoms with Crippen LogP contribution < -0.4 is 5.32 Å². The third-order valence-corrected chi connectivity index (χ3v) is 3.07. The molecular formula is C13H26N2O2. The van der Waals surface area contributed by atoms with Gasteiger partial charge in [0.2, 0.25) is 0 Å². The highest BCUT2D eigenvalue weighted by atomic mass is 16.5. The van der Waals surface area contributed by atoms with Crippen molar-refractivity contribution in [1.29, 1.82) is 0 Å². The molecule has 100 valence electrons. The Bertz CT molecular complexity index is 215. The van der Waals surface area contributed by atoms with Crippen molar-refractivity contribution >= 4 is 5.97 Å². The first-order valence-electron chi connectivity index (χ1n) is 6.81. The summed E-state index contributed by atoms with van der Waals surface area (Å²) in [7, 11) is 0. The molecule has 0 aromatic carbocycles. The van der Waals surface area contributed by atoms with Gasteiger partial charge in [-0.15, -0.1) is 0 Å². The van der Waals surface area contributed by atoms with Crippen molar-refractivity contribution in [3.63, 3.8) is 0 Å². The minimum atomic E-state index is -0.104. The van der Waals surface area contributed by atoms with Crippen LogP contribution in [0.3, 0.4) is 0 Å². The summed E-state index contributed by atoms with van der Waals surface area (Å²) in [4.78, 5) is 13.6. The first-order valence-corrected chi connectivity index (χ1v) is 6.81. The van der Waals surface area contributed by atoms with E-state index in [0.29, 0.717) is 18.9 Å². The molecule has 1 heterocycles. The lowest BCUT2D eigenvalue weighted by Gasteiger charge is -2.20. The largest absolute Gasteiger partial charge is 0.466 e. The minimum absolute atomic E-state index is 0.104. The van der Waals surface area contributed by atoms with Crippen LogP contribution in [0.4, 0.5) is 0 Å². The molecule has 17 heavy (non-hydrogen) atoms. The molecule has 1 aliphatic rings. The van der Waals surface area contributed by atoms with Crippen LogP contribution in [0.2, 0.25) is 0 Å². The summed E-state index contributed by atoms with van der Waals surface area (Å²) in [5.74, 6) is 0.544. The molecule has 1 atom stereocenters. The van der Waals surface area contributed by atoms with Crippen LogP contribution in [-0.4, -0.2) is 50.2 Å². The quantitative estimate of drug-likeness (QED) is 0.514. The van der Waals surface area contributed by atoms with E-state index in [1.54, 1.807) is 0 Å². The van der Waals surface area contributed by atoms with Gasteiger partial charge < -0.3 is 15.0 Å². The van der Waals surface area contributed by atoms with E-state index in [2.05, 4.69) is 17.1 Å². The van der Waals surface area contributed by atoms with E-state index in [1.165, 1.54) is 32.5 Å². The Morgan fingerprint density at radius 1 is 1.41 bits per heavy atom. The van der Waals surface area contributed by atoms with Crippen molar-refractivity contribution < 1.29 is 9.53 Å². The van der Waals surface area contributed by atoms with Crippen molar-refractivity contribution in [2.45, 2.75) is 33.1 Å². The average Bonchev–Trinajstić information content (AvgIpc) is 2.77. The second kappa shape index (κ2) is 8.48. The van der Waals surface area contributed by atoms with Crippen LogP contribution in [0.25, 0.3) is 0 Å². The fourth-order valence-corrected chi connectivity index (χ4v) is 2.24. The Kier molecular flexibility index (Phi) is 7.21. The molecule has 0 aromatic rings. The number of likely N-dealkylation sites (tertiary alicyclic amines) is 1. The molecule has 0 amide bonds. The Balaban J connectivity index is 1.96. The van der Waals surface area contributed by atoms with E-state index in [0.717, 1.165) is 13.1 Å². The molecule has 0 spiro atoms. The van der Waals surface area contributed by atoms with E-state index in [-0.39, 0.29) is 5.97 Å². The third kappa shape index (κ3) is 6.64. The molecule has 1 fully saturated rings. The second-order valence-electron chi connectivity index (χ2n) is 4.87. The summed E-state index contributed by atoms with van der Waals surface area (Å²) in [5.41, 5.74) is 0. The Morgan fingerprint density at radius 2 is 2.12 bits per heavy atom. The lowest BCUT2D eigenvalue weighted by atomic mass is 10.1. The average molecular weight is 242 g/mol. The number of carbonyl (C=O) groups is 1. The molecule has 1 unspecified atom stereocenters. The predicted octanol–water partition coefficient (Wildman–Crippen LogP) is 1.26. The highest BCUT2D eigenvalue weighted by Crippen LogP contribution is 2.09. The summed E-state index contributed by atoms with van der Waals surface area (Å²) in [6.07, 6.45) is 3.18. The van der Waals surface area contributed by atoms with Crippen LogP contribution in [0, 0.1) is 5.92 Å². The lowest BCUT2D eigenvalue weighted by molar-refractivity contribution is -0.142. The zero-order valence-electron chi connectivity index (χ0n) is 11.2. The number of ether oxygens (including phenoxy) is 1. The van der Waals surface area contributed by atoms with E-state index in [9.17, 15) is 4.79 Å². The van der Waals surface area contributed by atoms with E-state index in [1.807, 2.05) is 6.92 Å². The van der Waals surface area contributed by atoms with Gasteiger partial charge in [-0.3, -0.25) is 4.79 Å². The van der Waals surface area contributed by atoms with Gasteiger partial charge >= 0.3 is 5.97 Å². The number of hydrogen-bond acceptors (Lipinski definition) is 4. The van der Waals surface area contributed by atoms with Gasteiger partial charge in [0.1, 0.15) is 0 Å². The molecule has 0 aliphatic carbocycles. The van der Waals surface area contributed by atoms with Gasteiger partial charge in [0.15, 0.2) is 0 Å². The van der Waals surface area contributed by atoms with Gasteiger partial charge in [0.25, 0.3) is 0 Å². The fourth-order valence-electron chi connectivity index (χ4n) is 2.24. The smallest absolute Gasteiger partial charge is 0.307 e. The molecule has 4 nitrogen and oxygen atoms in total. The molecule has 1 rings (SSSR count). The monoisotopic (exact) mass is 242 g/mol. The standard InChI is InChI=1S/C13H26N2O2/c1-3-17-13(16)6-7-14-10-12(2)11-15-8-4-5-9-15/h12,14H,3-11H2,1-2H3. The Hall–Kier alpha value is -0.610.